The molecule has 204 valence electrons. The summed E-state index contributed by atoms with van der Waals surface area (Å²) < 4.78 is 48.2. The first-order valence-corrected chi connectivity index (χ1v) is 13.3. The van der Waals surface area contributed by atoms with Crippen LogP contribution >= 0.6 is 23.4 Å². The Bertz CT molecular complexity index is 1430. The monoisotopic (exact) mass is 574 g/mol. The van der Waals surface area contributed by atoms with E-state index in [1.54, 1.807) is 37.4 Å². The number of hydrogen-bond acceptors (Lipinski definition) is 5. The van der Waals surface area contributed by atoms with Crippen LogP contribution in [-0.2, 0) is 17.5 Å². The zero-order valence-electron chi connectivity index (χ0n) is 21.4. The number of methoxy groups -OCH3 is 1. The fourth-order valence-electron chi connectivity index (χ4n) is 3.92. The van der Waals surface area contributed by atoms with Crippen molar-refractivity contribution in [3.8, 4) is 17.1 Å². The Kier molecular flexibility index (Phi) is 8.87. The van der Waals surface area contributed by atoms with Crippen molar-refractivity contribution in [1.82, 2.24) is 14.8 Å². The lowest BCUT2D eigenvalue weighted by Gasteiger charge is -2.20. The number of alkyl halides is 3. The number of rotatable bonds is 9. The number of carbonyl (C=O) groups is 1. The maximum absolute atomic E-state index is 13.7. The maximum Gasteiger partial charge on any atom is 0.418 e. The summed E-state index contributed by atoms with van der Waals surface area (Å²) in [7, 11) is 1.58. The molecule has 0 radical (unpaired) electrons. The van der Waals surface area contributed by atoms with Crippen molar-refractivity contribution in [2.75, 3.05) is 12.4 Å². The molecule has 11 heteroatoms. The van der Waals surface area contributed by atoms with Gasteiger partial charge >= 0.3 is 6.18 Å². The Balaban J connectivity index is 1.72. The van der Waals surface area contributed by atoms with Gasteiger partial charge in [0.15, 0.2) is 11.0 Å². The van der Waals surface area contributed by atoms with Gasteiger partial charge in [-0.05, 0) is 53.9 Å². The molecule has 1 N–H and O–H groups in total. The van der Waals surface area contributed by atoms with Crippen LogP contribution in [0, 0.1) is 5.92 Å². The van der Waals surface area contributed by atoms with E-state index in [4.69, 9.17) is 16.3 Å². The molecule has 0 aliphatic carbocycles. The minimum absolute atomic E-state index is 0.0813. The fraction of sp³-hybridized carbons (Fsp3) is 0.250. The molecule has 1 amide bonds. The van der Waals surface area contributed by atoms with Crippen LogP contribution in [0.25, 0.3) is 11.4 Å². The van der Waals surface area contributed by atoms with Gasteiger partial charge in [-0.1, -0.05) is 67.5 Å². The van der Waals surface area contributed by atoms with Crippen molar-refractivity contribution < 1.29 is 22.7 Å². The van der Waals surface area contributed by atoms with E-state index in [2.05, 4.69) is 15.5 Å². The molecule has 0 bridgehead atoms. The van der Waals surface area contributed by atoms with Crippen LogP contribution in [0.2, 0.25) is 5.02 Å². The first kappa shape index (κ1) is 28.5. The Morgan fingerprint density at radius 3 is 2.36 bits per heavy atom. The second-order valence-corrected chi connectivity index (χ2v) is 10.6. The van der Waals surface area contributed by atoms with E-state index in [-0.39, 0.29) is 16.6 Å². The highest BCUT2D eigenvalue weighted by molar-refractivity contribution is 8.00. The van der Waals surface area contributed by atoms with E-state index in [1.165, 1.54) is 6.07 Å². The van der Waals surface area contributed by atoms with Gasteiger partial charge in [0.05, 0.1) is 18.4 Å². The first-order valence-electron chi connectivity index (χ1n) is 12.0. The number of benzene rings is 3. The topological polar surface area (TPSA) is 69.0 Å². The molecule has 0 saturated carbocycles. The van der Waals surface area contributed by atoms with Crippen LogP contribution in [-0.4, -0.2) is 27.8 Å². The van der Waals surface area contributed by atoms with E-state index in [0.717, 1.165) is 29.5 Å². The summed E-state index contributed by atoms with van der Waals surface area (Å²) in [5, 5.41) is 10.7. The number of nitrogens with zero attached hydrogens (tertiary/aromatic N) is 3. The van der Waals surface area contributed by atoms with Gasteiger partial charge in [0.2, 0.25) is 5.91 Å². The highest BCUT2D eigenvalue weighted by atomic mass is 35.5. The Morgan fingerprint density at radius 1 is 1.05 bits per heavy atom. The van der Waals surface area contributed by atoms with Gasteiger partial charge in [-0.2, -0.15) is 13.2 Å². The van der Waals surface area contributed by atoms with Crippen molar-refractivity contribution in [3.05, 3.63) is 88.9 Å². The molecular weight excluding hydrogens is 549 g/mol. The smallest absolute Gasteiger partial charge is 0.418 e. The third-order valence-corrected chi connectivity index (χ3v) is 7.19. The van der Waals surface area contributed by atoms with Crippen molar-refractivity contribution in [2.24, 2.45) is 5.92 Å². The summed E-state index contributed by atoms with van der Waals surface area (Å²) in [6, 6.07) is 19.5. The number of nitrogens with one attached hydrogen (secondary N) is 1. The number of ether oxygens (including phenoxy) is 1. The summed E-state index contributed by atoms with van der Waals surface area (Å²) in [5.41, 5.74) is 0.0195. The second kappa shape index (κ2) is 12.1. The molecular formula is C28H26ClF3N4O2S. The Labute approximate surface area is 233 Å². The third kappa shape index (κ3) is 6.93. The average Bonchev–Trinajstić information content (AvgIpc) is 3.29. The highest BCUT2D eigenvalue weighted by Crippen LogP contribution is 2.40. The van der Waals surface area contributed by atoms with Crippen LogP contribution in [0.15, 0.2) is 78.0 Å². The fourth-order valence-corrected chi connectivity index (χ4v) is 5.14. The maximum atomic E-state index is 13.7. The van der Waals surface area contributed by atoms with Crippen LogP contribution in [0.3, 0.4) is 0 Å². The first-order chi connectivity index (χ1) is 18.6. The molecule has 0 unspecified atom stereocenters. The quantitative estimate of drug-likeness (QED) is 0.207. The van der Waals surface area contributed by atoms with E-state index in [0.29, 0.717) is 28.8 Å². The Morgan fingerprint density at radius 2 is 1.74 bits per heavy atom. The lowest BCUT2D eigenvalue weighted by molar-refractivity contribution is -0.137. The van der Waals surface area contributed by atoms with Crippen molar-refractivity contribution in [1.29, 1.82) is 0 Å². The lowest BCUT2D eigenvalue weighted by Crippen LogP contribution is -2.22. The summed E-state index contributed by atoms with van der Waals surface area (Å²) in [6.07, 6.45) is -4.70. The standard InChI is InChI=1S/C28H26ClF3N4O2S/c1-17(2)16-36-25(19-9-12-21(38-3)13-10-19)34-35-27(36)39-24(18-7-5-4-6-8-18)26(37)33-23-14-11-20(29)15-22(23)28(30,31)32/h4-15,17,24H,16H2,1-3H3,(H,33,37)/t24-/m1/s1. The molecule has 3 aromatic carbocycles. The summed E-state index contributed by atoms with van der Waals surface area (Å²) in [4.78, 5) is 13.6. The molecule has 39 heavy (non-hydrogen) atoms. The second-order valence-electron chi connectivity index (χ2n) is 9.12. The third-order valence-electron chi connectivity index (χ3n) is 5.72. The summed E-state index contributed by atoms with van der Waals surface area (Å²) in [6.45, 7) is 4.66. The van der Waals surface area contributed by atoms with Gasteiger partial charge in [-0.25, -0.2) is 0 Å². The van der Waals surface area contributed by atoms with Crippen LogP contribution in [0.1, 0.15) is 30.2 Å². The van der Waals surface area contributed by atoms with Crippen molar-refractivity contribution >= 4 is 35.0 Å². The van der Waals surface area contributed by atoms with Gasteiger partial charge in [0.25, 0.3) is 0 Å². The highest BCUT2D eigenvalue weighted by Gasteiger charge is 2.35. The van der Waals surface area contributed by atoms with Crippen LogP contribution in [0.5, 0.6) is 5.75 Å². The van der Waals surface area contributed by atoms with E-state index in [1.807, 2.05) is 42.7 Å². The molecule has 0 aliphatic heterocycles. The van der Waals surface area contributed by atoms with Gasteiger partial charge in [0.1, 0.15) is 11.0 Å². The van der Waals surface area contributed by atoms with Gasteiger partial charge in [-0.15, -0.1) is 10.2 Å². The molecule has 0 fully saturated rings. The summed E-state index contributed by atoms with van der Waals surface area (Å²) in [5.74, 6) is 0.900. The molecule has 1 aromatic heterocycles. The number of carbonyl (C=O) groups excluding carboxylic acids is 1. The molecule has 0 saturated heterocycles. The predicted molar refractivity (Wildman–Crippen MR) is 147 cm³/mol. The van der Waals surface area contributed by atoms with Gasteiger partial charge in [-0.3, -0.25) is 4.79 Å². The predicted octanol–water partition coefficient (Wildman–Crippen LogP) is 7.75. The number of amides is 1. The van der Waals surface area contributed by atoms with E-state index >= 15 is 0 Å². The van der Waals surface area contributed by atoms with Crippen molar-refractivity contribution in [2.45, 2.75) is 37.0 Å². The van der Waals surface area contributed by atoms with Crippen molar-refractivity contribution in [3.63, 3.8) is 0 Å². The normalized spacial score (nSPS) is 12.4. The molecule has 0 aliphatic rings. The molecule has 4 aromatic rings. The minimum Gasteiger partial charge on any atom is -0.497 e. The minimum atomic E-state index is -4.70. The lowest BCUT2D eigenvalue weighted by atomic mass is 10.1. The average molecular weight is 575 g/mol. The number of anilines is 1. The largest absolute Gasteiger partial charge is 0.497 e. The molecule has 0 spiro atoms. The zero-order valence-corrected chi connectivity index (χ0v) is 22.9. The molecule has 1 atom stereocenters. The van der Waals surface area contributed by atoms with Gasteiger partial charge < -0.3 is 14.6 Å². The SMILES string of the molecule is COc1ccc(-c2nnc(S[C@@H](C(=O)Nc3ccc(Cl)cc3C(F)(F)F)c3ccccc3)n2CC(C)C)cc1. The number of aromatic nitrogens is 3. The molecule has 4 rings (SSSR count). The number of thioether (sulfide) groups is 1. The molecule has 1 heterocycles. The molecule has 6 nitrogen and oxygen atoms in total. The van der Waals surface area contributed by atoms with E-state index in [9.17, 15) is 18.0 Å². The van der Waals surface area contributed by atoms with E-state index < -0.39 is 22.9 Å². The van der Waals surface area contributed by atoms with Gasteiger partial charge in [0, 0.05) is 17.1 Å². The number of hydrogen-bond donors (Lipinski definition) is 1. The zero-order chi connectivity index (χ0) is 28.2. The Hall–Kier alpha value is -3.50. The summed E-state index contributed by atoms with van der Waals surface area (Å²) >= 11 is 6.93. The van der Waals surface area contributed by atoms with Crippen LogP contribution in [0.4, 0.5) is 18.9 Å². The van der Waals surface area contributed by atoms with Crippen LogP contribution < -0.4 is 10.1 Å². The number of halogens is 4.